The van der Waals surface area contributed by atoms with Crippen molar-refractivity contribution in [2.75, 3.05) is 11.9 Å². The Bertz CT molecular complexity index is 595. The highest BCUT2D eigenvalue weighted by molar-refractivity contribution is 14.0. The van der Waals surface area contributed by atoms with Crippen molar-refractivity contribution in [3.05, 3.63) is 29.3 Å². The summed E-state index contributed by atoms with van der Waals surface area (Å²) in [6.07, 6.45) is -0.0309. The lowest BCUT2D eigenvalue weighted by molar-refractivity contribution is -0.245. The Hall–Kier alpha value is -0.990. The molecule has 1 fully saturated rings. The maximum atomic E-state index is 13.1. The van der Waals surface area contributed by atoms with Gasteiger partial charge in [0.2, 0.25) is 0 Å². The number of nitrogens with two attached hydrogens (primary N) is 1. The van der Waals surface area contributed by atoms with Crippen LogP contribution in [0, 0.1) is 5.41 Å². The largest absolute Gasteiger partial charge is 0.396 e. The molecule has 7 heteroatoms. The van der Waals surface area contributed by atoms with Crippen LogP contribution >= 0.6 is 24.0 Å². The van der Waals surface area contributed by atoms with E-state index in [1.807, 2.05) is 18.2 Å². The molecule has 3 nitrogen and oxygen atoms in total. The van der Waals surface area contributed by atoms with Gasteiger partial charge in [0, 0.05) is 5.69 Å². The van der Waals surface area contributed by atoms with Crippen molar-refractivity contribution in [3.63, 3.8) is 0 Å². The van der Waals surface area contributed by atoms with Gasteiger partial charge < -0.3 is 11.1 Å². The third kappa shape index (κ3) is 3.75. The number of hydrogen-bond donors (Lipinski definition) is 2. The Morgan fingerprint density at radius 3 is 2.48 bits per heavy atom. The number of benzene rings is 1. The third-order valence-electron chi connectivity index (χ3n) is 4.83. The number of rotatable bonds is 3. The van der Waals surface area contributed by atoms with Crippen LogP contribution in [0.1, 0.15) is 36.8 Å². The summed E-state index contributed by atoms with van der Waals surface area (Å²) in [5, 5.41) is 2.90. The van der Waals surface area contributed by atoms with E-state index >= 15 is 0 Å². The lowest BCUT2D eigenvalue weighted by Gasteiger charge is -2.41. The lowest BCUT2D eigenvalue weighted by atomic mass is 9.68. The number of aliphatic imine (C=N–C) groups is 1. The zero-order valence-corrected chi connectivity index (χ0v) is 15.1. The number of alkyl halides is 3. The first kappa shape index (κ1) is 18.4. The number of nitrogens with one attached hydrogen (secondary N) is 1. The zero-order valence-electron chi connectivity index (χ0n) is 12.7. The SMILES string of the molecule is I.NC(=NCC1(C(F)(F)F)CCC1)Nc1ccc2c(c1)CCC2. The summed E-state index contributed by atoms with van der Waals surface area (Å²) < 4.78 is 39.2. The molecule has 0 spiro atoms. The van der Waals surface area contributed by atoms with Crippen molar-refractivity contribution in [2.24, 2.45) is 16.1 Å². The van der Waals surface area contributed by atoms with Gasteiger partial charge in [-0.1, -0.05) is 12.5 Å². The second-order valence-electron chi connectivity index (χ2n) is 6.30. The average Bonchev–Trinajstić information content (AvgIpc) is 2.83. The standard InChI is InChI=1S/C16H20F3N3.HI/c17-16(18,19)15(7-2-8-15)10-21-14(20)22-13-6-5-11-3-1-4-12(11)9-13;/h5-6,9H,1-4,7-8,10H2,(H3,20,21,22);1H. The van der Waals surface area contributed by atoms with Crippen LogP contribution in [0.25, 0.3) is 0 Å². The molecular formula is C16H21F3IN3. The van der Waals surface area contributed by atoms with Gasteiger partial charge in [-0.25, -0.2) is 0 Å². The van der Waals surface area contributed by atoms with Crippen LogP contribution < -0.4 is 11.1 Å². The Morgan fingerprint density at radius 1 is 1.17 bits per heavy atom. The van der Waals surface area contributed by atoms with Gasteiger partial charge in [0.1, 0.15) is 0 Å². The van der Waals surface area contributed by atoms with Crippen molar-refractivity contribution >= 4 is 35.6 Å². The van der Waals surface area contributed by atoms with Crippen molar-refractivity contribution in [1.29, 1.82) is 0 Å². The minimum absolute atomic E-state index is 0. The van der Waals surface area contributed by atoms with Gasteiger partial charge in [0.05, 0.1) is 12.0 Å². The van der Waals surface area contributed by atoms with E-state index in [0.29, 0.717) is 6.42 Å². The summed E-state index contributed by atoms with van der Waals surface area (Å²) in [5.41, 5.74) is 7.49. The predicted molar refractivity (Wildman–Crippen MR) is 96.3 cm³/mol. The molecule has 3 N–H and O–H groups in total. The molecule has 2 aliphatic rings. The number of halogens is 4. The number of guanidine groups is 1. The zero-order chi connectivity index (χ0) is 15.8. The third-order valence-corrected chi connectivity index (χ3v) is 4.83. The number of fused-ring (bicyclic) bond motifs is 1. The van der Waals surface area contributed by atoms with E-state index in [0.717, 1.165) is 24.9 Å². The molecule has 23 heavy (non-hydrogen) atoms. The Labute approximate surface area is 150 Å². The molecule has 0 bridgehead atoms. The van der Waals surface area contributed by atoms with Crippen LogP contribution in [0.5, 0.6) is 0 Å². The highest BCUT2D eigenvalue weighted by atomic mass is 127. The highest BCUT2D eigenvalue weighted by Crippen LogP contribution is 2.53. The fraction of sp³-hybridized carbons (Fsp3) is 0.562. The molecule has 1 saturated carbocycles. The molecule has 0 amide bonds. The molecule has 128 valence electrons. The number of aryl methyl sites for hydroxylation is 2. The molecule has 2 aliphatic carbocycles. The van der Waals surface area contributed by atoms with Gasteiger partial charge in [-0.05, 0) is 55.4 Å². The Morgan fingerprint density at radius 2 is 1.87 bits per heavy atom. The summed E-state index contributed by atoms with van der Waals surface area (Å²) >= 11 is 0. The molecule has 0 unspecified atom stereocenters. The van der Waals surface area contributed by atoms with Gasteiger partial charge in [-0.3, -0.25) is 4.99 Å². The van der Waals surface area contributed by atoms with Crippen LogP contribution in [-0.4, -0.2) is 18.7 Å². The first-order valence-corrected chi connectivity index (χ1v) is 7.65. The first-order chi connectivity index (χ1) is 10.4. The lowest BCUT2D eigenvalue weighted by Crippen LogP contribution is -2.46. The summed E-state index contributed by atoms with van der Waals surface area (Å²) in [6, 6.07) is 5.95. The van der Waals surface area contributed by atoms with E-state index in [1.165, 1.54) is 11.1 Å². The van der Waals surface area contributed by atoms with Gasteiger partial charge in [0.25, 0.3) is 0 Å². The van der Waals surface area contributed by atoms with E-state index < -0.39 is 11.6 Å². The number of anilines is 1. The van der Waals surface area contributed by atoms with E-state index in [4.69, 9.17) is 5.73 Å². The van der Waals surface area contributed by atoms with E-state index in [9.17, 15) is 13.2 Å². The minimum Gasteiger partial charge on any atom is -0.370 e. The molecule has 0 aromatic heterocycles. The second-order valence-corrected chi connectivity index (χ2v) is 6.30. The average molecular weight is 439 g/mol. The van der Waals surface area contributed by atoms with Gasteiger partial charge >= 0.3 is 6.18 Å². The Kier molecular flexibility index (Phi) is 5.48. The molecule has 0 saturated heterocycles. The predicted octanol–water partition coefficient (Wildman–Crippen LogP) is 4.25. The molecule has 3 rings (SSSR count). The number of hydrogen-bond acceptors (Lipinski definition) is 1. The molecule has 0 atom stereocenters. The van der Waals surface area contributed by atoms with Crippen LogP contribution in [0.3, 0.4) is 0 Å². The molecule has 1 aromatic rings. The van der Waals surface area contributed by atoms with E-state index in [2.05, 4.69) is 10.3 Å². The monoisotopic (exact) mass is 439 g/mol. The molecule has 1 aromatic carbocycles. The maximum absolute atomic E-state index is 13.1. The van der Waals surface area contributed by atoms with Crippen molar-refractivity contribution in [1.82, 2.24) is 0 Å². The van der Waals surface area contributed by atoms with Crippen molar-refractivity contribution in [2.45, 2.75) is 44.7 Å². The van der Waals surface area contributed by atoms with Crippen molar-refractivity contribution < 1.29 is 13.2 Å². The van der Waals surface area contributed by atoms with Gasteiger partial charge in [-0.2, -0.15) is 13.2 Å². The normalized spacial score (nSPS) is 19.5. The summed E-state index contributed by atoms with van der Waals surface area (Å²) in [6.45, 7) is -0.291. The second kappa shape index (κ2) is 6.86. The summed E-state index contributed by atoms with van der Waals surface area (Å²) in [4.78, 5) is 3.94. The van der Waals surface area contributed by atoms with Gasteiger partial charge in [0.15, 0.2) is 5.96 Å². The van der Waals surface area contributed by atoms with Crippen LogP contribution in [0.15, 0.2) is 23.2 Å². The molecule has 0 aliphatic heterocycles. The fourth-order valence-electron chi connectivity index (χ4n) is 3.21. The van der Waals surface area contributed by atoms with Crippen molar-refractivity contribution in [3.8, 4) is 0 Å². The highest BCUT2D eigenvalue weighted by Gasteiger charge is 2.58. The Balaban J connectivity index is 0.00000192. The summed E-state index contributed by atoms with van der Waals surface area (Å²) in [7, 11) is 0. The number of nitrogens with zero attached hydrogens (tertiary/aromatic N) is 1. The topological polar surface area (TPSA) is 50.4 Å². The fourth-order valence-corrected chi connectivity index (χ4v) is 3.21. The maximum Gasteiger partial charge on any atom is 0.396 e. The smallest absolute Gasteiger partial charge is 0.370 e. The van der Waals surface area contributed by atoms with Crippen LogP contribution in [0.4, 0.5) is 18.9 Å². The van der Waals surface area contributed by atoms with Crippen LogP contribution in [-0.2, 0) is 12.8 Å². The molecular weight excluding hydrogens is 418 g/mol. The van der Waals surface area contributed by atoms with Crippen LogP contribution in [0.2, 0.25) is 0 Å². The quantitative estimate of drug-likeness (QED) is 0.421. The first-order valence-electron chi connectivity index (χ1n) is 7.65. The molecule has 0 radical (unpaired) electrons. The van der Waals surface area contributed by atoms with Gasteiger partial charge in [-0.15, -0.1) is 24.0 Å². The molecule has 0 heterocycles. The summed E-state index contributed by atoms with van der Waals surface area (Å²) in [5.74, 6) is 0.0495. The minimum atomic E-state index is -4.21. The van der Waals surface area contributed by atoms with E-state index in [-0.39, 0.29) is 49.3 Å². The van der Waals surface area contributed by atoms with E-state index in [1.54, 1.807) is 0 Å².